The highest BCUT2D eigenvalue weighted by Crippen LogP contribution is 2.33. The second kappa shape index (κ2) is 5.59. The zero-order valence-corrected chi connectivity index (χ0v) is 11.8. The molecule has 1 aliphatic heterocycles. The summed E-state index contributed by atoms with van der Waals surface area (Å²) in [6, 6.07) is 8.54. The fourth-order valence-corrected chi connectivity index (χ4v) is 2.42. The Hall–Kier alpha value is -1.94. The molecule has 2 heterocycles. The molecule has 4 nitrogen and oxygen atoms in total. The van der Waals surface area contributed by atoms with E-state index in [0.717, 1.165) is 17.1 Å². The van der Waals surface area contributed by atoms with Crippen molar-refractivity contribution >= 4 is 0 Å². The standard InChI is InChI=1S/C16H19NO3/c1-11(17-12(2)14-5-6-18-10-14)13-3-4-15-16(9-13)20-8-7-19-15/h3-6,9-12,17H,7-8H2,1-2H3. The van der Waals surface area contributed by atoms with Gasteiger partial charge in [0.15, 0.2) is 11.5 Å². The van der Waals surface area contributed by atoms with Crippen molar-refractivity contribution in [3.8, 4) is 11.5 Å². The molecule has 0 aliphatic carbocycles. The van der Waals surface area contributed by atoms with E-state index in [0.29, 0.717) is 13.2 Å². The van der Waals surface area contributed by atoms with Crippen LogP contribution in [-0.2, 0) is 0 Å². The van der Waals surface area contributed by atoms with E-state index in [4.69, 9.17) is 13.9 Å². The molecule has 2 aromatic rings. The van der Waals surface area contributed by atoms with Crippen molar-refractivity contribution in [2.45, 2.75) is 25.9 Å². The van der Waals surface area contributed by atoms with Crippen LogP contribution in [0, 0.1) is 0 Å². The van der Waals surface area contributed by atoms with Gasteiger partial charge in [0.1, 0.15) is 13.2 Å². The van der Waals surface area contributed by atoms with Crippen LogP contribution < -0.4 is 14.8 Å². The third kappa shape index (κ3) is 2.65. The van der Waals surface area contributed by atoms with Crippen molar-refractivity contribution in [1.29, 1.82) is 0 Å². The minimum atomic E-state index is 0.218. The summed E-state index contributed by atoms with van der Waals surface area (Å²) in [4.78, 5) is 0. The van der Waals surface area contributed by atoms with E-state index in [1.54, 1.807) is 12.5 Å². The fourth-order valence-electron chi connectivity index (χ4n) is 2.42. The Morgan fingerprint density at radius 1 is 0.950 bits per heavy atom. The minimum absolute atomic E-state index is 0.218. The quantitative estimate of drug-likeness (QED) is 0.926. The van der Waals surface area contributed by atoms with E-state index in [2.05, 4.69) is 25.2 Å². The summed E-state index contributed by atoms with van der Waals surface area (Å²) in [6.45, 7) is 5.50. The molecule has 1 aliphatic rings. The summed E-state index contributed by atoms with van der Waals surface area (Å²) in [5, 5.41) is 3.55. The van der Waals surface area contributed by atoms with Crippen LogP contribution in [0.3, 0.4) is 0 Å². The molecule has 0 saturated heterocycles. The van der Waals surface area contributed by atoms with Crippen molar-refractivity contribution in [3.63, 3.8) is 0 Å². The van der Waals surface area contributed by atoms with Gasteiger partial charge in [-0.1, -0.05) is 6.07 Å². The number of fused-ring (bicyclic) bond motifs is 1. The third-order valence-electron chi connectivity index (χ3n) is 3.61. The predicted octanol–water partition coefficient (Wildman–Crippen LogP) is 3.46. The van der Waals surface area contributed by atoms with Gasteiger partial charge in [0, 0.05) is 17.6 Å². The number of rotatable bonds is 4. The molecule has 106 valence electrons. The van der Waals surface area contributed by atoms with Crippen molar-refractivity contribution in [2.24, 2.45) is 0 Å². The van der Waals surface area contributed by atoms with Crippen LogP contribution in [-0.4, -0.2) is 13.2 Å². The van der Waals surface area contributed by atoms with E-state index in [1.807, 2.05) is 18.2 Å². The summed E-state index contributed by atoms with van der Waals surface area (Å²) < 4.78 is 16.3. The van der Waals surface area contributed by atoms with Crippen molar-refractivity contribution in [2.75, 3.05) is 13.2 Å². The molecule has 2 unspecified atom stereocenters. The summed E-state index contributed by atoms with van der Waals surface area (Å²) in [5.41, 5.74) is 2.33. The van der Waals surface area contributed by atoms with Gasteiger partial charge in [0.05, 0.1) is 12.5 Å². The van der Waals surface area contributed by atoms with Crippen LogP contribution in [0.25, 0.3) is 0 Å². The average Bonchev–Trinajstić information content (AvgIpc) is 3.01. The second-order valence-electron chi connectivity index (χ2n) is 5.07. The zero-order valence-electron chi connectivity index (χ0n) is 11.8. The van der Waals surface area contributed by atoms with Gasteiger partial charge in [-0.25, -0.2) is 0 Å². The molecular weight excluding hydrogens is 254 g/mol. The molecule has 4 heteroatoms. The van der Waals surface area contributed by atoms with Crippen LogP contribution in [0.4, 0.5) is 0 Å². The Morgan fingerprint density at radius 3 is 2.45 bits per heavy atom. The van der Waals surface area contributed by atoms with E-state index < -0.39 is 0 Å². The van der Waals surface area contributed by atoms with Crippen LogP contribution in [0.1, 0.15) is 37.1 Å². The monoisotopic (exact) mass is 273 g/mol. The Kier molecular flexibility index (Phi) is 3.65. The van der Waals surface area contributed by atoms with Gasteiger partial charge < -0.3 is 19.2 Å². The lowest BCUT2D eigenvalue weighted by Crippen LogP contribution is -2.22. The van der Waals surface area contributed by atoms with Gasteiger partial charge in [0.25, 0.3) is 0 Å². The lowest BCUT2D eigenvalue weighted by molar-refractivity contribution is 0.171. The highest BCUT2D eigenvalue weighted by molar-refractivity contribution is 5.44. The molecule has 0 radical (unpaired) electrons. The van der Waals surface area contributed by atoms with E-state index >= 15 is 0 Å². The summed E-state index contributed by atoms with van der Waals surface area (Å²) in [5.74, 6) is 1.66. The van der Waals surface area contributed by atoms with Crippen LogP contribution >= 0.6 is 0 Å². The van der Waals surface area contributed by atoms with Crippen LogP contribution in [0.5, 0.6) is 11.5 Å². The molecule has 0 bridgehead atoms. The van der Waals surface area contributed by atoms with Crippen LogP contribution in [0.2, 0.25) is 0 Å². The highest BCUT2D eigenvalue weighted by Gasteiger charge is 2.16. The lowest BCUT2D eigenvalue weighted by Gasteiger charge is -2.23. The second-order valence-corrected chi connectivity index (χ2v) is 5.07. The fraction of sp³-hybridized carbons (Fsp3) is 0.375. The Balaban J connectivity index is 1.72. The average molecular weight is 273 g/mol. The molecule has 3 rings (SSSR count). The van der Waals surface area contributed by atoms with Crippen LogP contribution in [0.15, 0.2) is 41.2 Å². The lowest BCUT2D eigenvalue weighted by atomic mass is 10.1. The molecule has 0 fully saturated rings. The SMILES string of the molecule is CC(NC(C)c1ccc2c(c1)OCCO2)c1ccoc1. The normalized spacial score (nSPS) is 16.7. The summed E-state index contributed by atoms with van der Waals surface area (Å²) in [6.07, 6.45) is 3.47. The number of furan rings is 1. The molecule has 2 atom stereocenters. The molecular formula is C16H19NO3. The Morgan fingerprint density at radius 2 is 1.70 bits per heavy atom. The van der Waals surface area contributed by atoms with Gasteiger partial charge in [-0.2, -0.15) is 0 Å². The number of hydrogen-bond acceptors (Lipinski definition) is 4. The largest absolute Gasteiger partial charge is 0.486 e. The Bertz CT molecular complexity index is 565. The van der Waals surface area contributed by atoms with Gasteiger partial charge >= 0.3 is 0 Å². The molecule has 1 aromatic carbocycles. The minimum Gasteiger partial charge on any atom is -0.486 e. The molecule has 0 saturated carbocycles. The molecule has 0 amide bonds. The first-order valence-corrected chi connectivity index (χ1v) is 6.92. The first-order chi connectivity index (χ1) is 9.74. The first-order valence-electron chi connectivity index (χ1n) is 6.92. The number of benzene rings is 1. The third-order valence-corrected chi connectivity index (χ3v) is 3.61. The zero-order chi connectivity index (χ0) is 13.9. The van der Waals surface area contributed by atoms with Crippen molar-refractivity contribution < 1.29 is 13.9 Å². The number of ether oxygens (including phenoxy) is 2. The molecule has 1 aromatic heterocycles. The maximum absolute atomic E-state index is 5.62. The van der Waals surface area contributed by atoms with Gasteiger partial charge in [0.2, 0.25) is 0 Å². The van der Waals surface area contributed by atoms with Gasteiger partial charge in [-0.15, -0.1) is 0 Å². The first kappa shape index (κ1) is 13.1. The predicted molar refractivity (Wildman–Crippen MR) is 76.1 cm³/mol. The van der Waals surface area contributed by atoms with Crippen molar-refractivity contribution in [3.05, 3.63) is 47.9 Å². The summed E-state index contributed by atoms with van der Waals surface area (Å²) >= 11 is 0. The van der Waals surface area contributed by atoms with E-state index in [9.17, 15) is 0 Å². The van der Waals surface area contributed by atoms with E-state index in [1.165, 1.54) is 5.56 Å². The number of hydrogen-bond donors (Lipinski definition) is 1. The van der Waals surface area contributed by atoms with Gasteiger partial charge in [-0.3, -0.25) is 0 Å². The van der Waals surface area contributed by atoms with E-state index in [-0.39, 0.29) is 12.1 Å². The van der Waals surface area contributed by atoms with Gasteiger partial charge in [-0.05, 0) is 37.6 Å². The Labute approximate surface area is 118 Å². The molecule has 0 spiro atoms. The number of nitrogens with one attached hydrogen (secondary N) is 1. The smallest absolute Gasteiger partial charge is 0.161 e. The molecule has 1 N–H and O–H groups in total. The maximum atomic E-state index is 5.62. The topological polar surface area (TPSA) is 43.6 Å². The van der Waals surface area contributed by atoms with Crippen molar-refractivity contribution in [1.82, 2.24) is 5.32 Å². The molecule has 20 heavy (non-hydrogen) atoms. The summed E-state index contributed by atoms with van der Waals surface area (Å²) in [7, 11) is 0. The maximum Gasteiger partial charge on any atom is 0.161 e. The highest BCUT2D eigenvalue weighted by atomic mass is 16.6.